The highest BCUT2D eigenvalue weighted by Crippen LogP contribution is 2.48. The molecule has 9 aromatic carbocycles. The molecule has 0 bridgehead atoms. The van der Waals surface area contributed by atoms with Gasteiger partial charge < -0.3 is 18.6 Å². The molecule has 0 radical (unpaired) electrons. The van der Waals surface area contributed by atoms with Gasteiger partial charge in [-0.25, -0.2) is 8.78 Å². The van der Waals surface area contributed by atoms with E-state index < -0.39 is 0 Å². The summed E-state index contributed by atoms with van der Waals surface area (Å²) < 4.78 is 34.9. The van der Waals surface area contributed by atoms with Gasteiger partial charge in [-0.1, -0.05) is 72.8 Å². The Morgan fingerprint density at radius 2 is 0.633 bits per heavy atom. The molecular formula is C54H32F2N4. The molecular weight excluding hydrogens is 743 g/mol. The Balaban J connectivity index is 1.17. The van der Waals surface area contributed by atoms with Crippen molar-refractivity contribution in [3.63, 3.8) is 0 Å². The lowest BCUT2D eigenvalue weighted by Gasteiger charge is -2.26. The highest BCUT2D eigenvalue weighted by molar-refractivity contribution is 6.29. The number of anilines is 6. The van der Waals surface area contributed by atoms with E-state index >= 15 is 4.39 Å². The number of benzene rings is 9. The Labute approximate surface area is 342 Å². The molecule has 0 spiro atoms. The summed E-state index contributed by atoms with van der Waals surface area (Å²) in [5, 5.41) is 7.63. The smallest absolute Gasteiger partial charge is 0.124 e. The second kappa shape index (κ2) is 12.3. The predicted molar refractivity (Wildman–Crippen MR) is 245 cm³/mol. The van der Waals surface area contributed by atoms with Crippen molar-refractivity contribution in [2.24, 2.45) is 0 Å². The number of rotatable bonds is 6. The number of hydrogen-bond acceptors (Lipinski definition) is 2. The van der Waals surface area contributed by atoms with Crippen molar-refractivity contribution < 1.29 is 8.78 Å². The van der Waals surface area contributed by atoms with Gasteiger partial charge in [0, 0.05) is 77.2 Å². The van der Waals surface area contributed by atoms with E-state index in [2.05, 4.69) is 158 Å². The van der Waals surface area contributed by atoms with Crippen LogP contribution >= 0.6 is 0 Å². The quantitative estimate of drug-likeness (QED) is 0.167. The Hall–Kier alpha value is -7.96. The molecule has 0 amide bonds. The van der Waals surface area contributed by atoms with E-state index in [9.17, 15) is 4.39 Å². The summed E-state index contributed by atoms with van der Waals surface area (Å²) in [6.45, 7) is 0. The van der Waals surface area contributed by atoms with Gasteiger partial charge in [0.1, 0.15) is 11.6 Å². The van der Waals surface area contributed by atoms with Gasteiger partial charge in [-0.3, -0.25) is 0 Å². The first-order valence-corrected chi connectivity index (χ1v) is 20.1. The summed E-state index contributed by atoms with van der Waals surface area (Å²) in [6.07, 6.45) is 0. The highest BCUT2D eigenvalue weighted by Gasteiger charge is 2.26. The molecule has 0 saturated carbocycles. The van der Waals surface area contributed by atoms with Crippen molar-refractivity contribution in [3.05, 3.63) is 206 Å². The molecule has 0 atom stereocenters. The van der Waals surface area contributed by atoms with Gasteiger partial charge >= 0.3 is 0 Å². The second-order valence-corrected chi connectivity index (χ2v) is 15.7. The minimum absolute atomic E-state index is 0.340. The molecule has 4 aromatic heterocycles. The van der Waals surface area contributed by atoms with Crippen molar-refractivity contribution >= 4 is 110 Å². The average Bonchev–Trinajstić information content (AvgIpc) is 3.99. The van der Waals surface area contributed by atoms with Gasteiger partial charge in [-0.2, -0.15) is 0 Å². The Bertz CT molecular complexity index is 3710. The Kier molecular flexibility index (Phi) is 6.76. The normalized spacial score (nSPS) is 12.2. The molecule has 60 heavy (non-hydrogen) atoms. The van der Waals surface area contributed by atoms with Gasteiger partial charge in [0.05, 0.1) is 33.1 Å². The summed E-state index contributed by atoms with van der Waals surface area (Å²) in [5.41, 5.74) is 12.3. The summed E-state index contributed by atoms with van der Waals surface area (Å²) in [4.78, 5) is 4.63. The molecule has 0 aliphatic carbocycles. The fraction of sp³-hybridized carbons (Fsp3) is 0. The minimum Gasteiger partial charge on any atom is -0.310 e. The molecule has 0 aliphatic rings. The Morgan fingerprint density at radius 3 is 1.12 bits per heavy atom. The molecule has 0 saturated heterocycles. The van der Waals surface area contributed by atoms with Crippen LogP contribution in [-0.2, 0) is 0 Å². The van der Waals surface area contributed by atoms with Gasteiger partial charge in [0.2, 0.25) is 0 Å². The van der Waals surface area contributed by atoms with E-state index in [1.807, 2.05) is 30.3 Å². The van der Waals surface area contributed by atoms with E-state index in [1.54, 1.807) is 6.07 Å². The van der Waals surface area contributed by atoms with Crippen molar-refractivity contribution in [1.82, 2.24) is 8.80 Å². The summed E-state index contributed by atoms with van der Waals surface area (Å²) in [6, 6.07) is 65.9. The number of para-hydroxylation sites is 4. The lowest BCUT2D eigenvalue weighted by Crippen LogP contribution is -2.09. The first-order chi connectivity index (χ1) is 29.6. The van der Waals surface area contributed by atoms with E-state index in [-0.39, 0.29) is 11.6 Å². The molecule has 0 fully saturated rings. The van der Waals surface area contributed by atoms with Crippen LogP contribution in [0.15, 0.2) is 194 Å². The third kappa shape index (κ3) is 4.58. The second-order valence-electron chi connectivity index (χ2n) is 15.7. The van der Waals surface area contributed by atoms with Crippen LogP contribution in [0.3, 0.4) is 0 Å². The lowest BCUT2D eigenvalue weighted by molar-refractivity contribution is 0.629. The van der Waals surface area contributed by atoms with E-state index in [0.29, 0.717) is 10.8 Å². The third-order valence-electron chi connectivity index (χ3n) is 12.4. The van der Waals surface area contributed by atoms with Crippen LogP contribution in [0, 0.1) is 11.6 Å². The molecule has 6 heteroatoms. The Morgan fingerprint density at radius 1 is 0.267 bits per heavy atom. The summed E-state index contributed by atoms with van der Waals surface area (Å²) in [5.74, 6) is -0.680. The van der Waals surface area contributed by atoms with Crippen LogP contribution in [0.25, 0.3) is 76.2 Å². The van der Waals surface area contributed by atoms with Gasteiger partial charge in [-0.15, -0.1) is 0 Å². The number of nitrogens with zero attached hydrogens (tertiary/aromatic N) is 4. The van der Waals surface area contributed by atoms with E-state index in [1.165, 1.54) is 18.2 Å². The van der Waals surface area contributed by atoms with E-state index in [0.717, 1.165) is 99.5 Å². The molecule has 282 valence electrons. The first-order valence-electron chi connectivity index (χ1n) is 20.1. The van der Waals surface area contributed by atoms with Crippen molar-refractivity contribution in [2.75, 3.05) is 9.80 Å². The van der Waals surface area contributed by atoms with Crippen LogP contribution in [-0.4, -0.2) is 8.80 Å². The third-order valence-corrected chi connectivity index (χ3v) is 12.4. The molecule has 4 heterocycles. The zero-order valence-corrected chi connectivity index (χ0v) is 32.0. The monoisotopic (exact) mass is 774 g/mol. The molecule has 13 aromatic rings. The molecule has 0 aliphatic heterocycles. The largest absolute Gasteiger partial charge is 0.310 e. The molecule has 0 unspecified atom stereocenters. The van der Waals surface area contributed by atoms with Crippen LogP contribution in [0.2, 0.25) is 0 Å². The van der Waals surface area contributed by atoms with Crippen LogP contribution in [0.5, 0.6) is 0 Å². The maximum absolute atomic E-state index is 15.6. The van der Waals surface area contributed by atoms with Gasteiger partial charge in [0.15, 0.2) is 0 Å². The first kappa shape index (κ1) is 33.1. The zero-order chi connectivity index (χ0) is 39.6. The number of fused-ring (bicyclic) bond motifs is 12. The van der Waals surface area contributed by atoms with Crippen molar-refractivity contribution in [3.8, 4) is 0 Å². The van der Waals surface area contributed by atoms with Crippen molar-refractivity contribution in [2.45, 2.75) is 0 Å². The molecule has 13 rings (SSSR count). The van der Waals surface area contributed by atoms with Gasteiger partial charge in [0.25, 0.3) is 0 Å². The number of aromatic nitrogens is 2. The number of hydrogen-bond donors (Lipinski definition) is 0. The van der Waals surface area contributed by atoms with Crippen LogP contribution < -0.4 is 9.80 Å². The van der Waals surface area contributed by atoms with E-state index in [4.69, 9.17) is 0 Å². The molecule has 4 nitrogen and oxygen atoms in total. The predicted octanol–water partition coefficient (Wildman–Crippen LogP) is 15.2. The zero-order valence-electron chi connectivity index (χ0n) is 32.0. The van der Waals surface area contributed by atoms with Crippen LogP contribution in [0.1, 0.15) is 0 Å². The van der Waals surface area contributed by atoms with Gasteiger partial charge in [-0.05, 0) is 121 Å². The van der Waals surface area contributed by atoms with Crippen LogP contribution in [0.4, 0.5) is 42.9 Å². The van der Waals surface area contributed by atoms with Crippen molar-refractivity contribution in [1.29, 1.82) is 0 Å². The SMILES string of the molecule is Fc1ccc2c(c1)c1cc(F)cc3c4cc5c6cc(N(c7ccccc7)c7ccccc7)cc7c8cc(N(c9ccccc9)c9ccccc9)ccc8n(c5cc4n2c13)c76. The average molecular weight is 775 g/mol. The number of halogens is 2. The fourth-order valence-electron chi connectivity index (χ4n) is 9.97. The minimum atomic E-state index is -0.341. The topological polar surface area (TPSA) is 15.3 Å². The maximum Gasteiger partial charge on any atom is 0.124 e. The maximum atomic E-state index is 15.6. The fourth-order valence-corrected chi connectivity index (χ4v) is 9.97. The molecule has 0 N–H and O–H groups in total. The summed E-state index contributed by atoms with van der Waals surface area (Å²) in [7, 11) is 0. The highest BCUT2D eigenvalue weighted by atomic mass is 19.1. The lowest BCUT2D eigenvalue weighted by atomic mass is 10.0. The standard InChI is InChI=1S/C54H32F2N4/c55-33-21-23-49-41(25-33)45-26-34(56)27-46-43-31-44-48-30-40(58(37-17-9-3-10-18-37)38-19-11-4-12-20-38)29-47-42-28-39(57(35-13-5-1-6-14-35)36-15-7-2-8-16-36)22-24-50(42)60(54(47)48)52(44)32-51(43)59(49)53(45)46/h1-32H. The summed E-state index contributed by atoms with van der Waals surface area (Å²) >= 11 is 0.